The van der Waals surface area contributed by atoms with Crippen molar-refractivity contribution in [2.75, 3.05) is 26.0 Å². The van der Waals surface area contributed by atoms with Crippen molar-refractivity contribution in [1.29, 1.82) is 0 Å². The van der Waals surface area contributed by atoms with Crippen LogP contribution in [0.5, 0.6) is 0 Å². The van der Waals surface area contributed by atoms with Gasteiger partial charge in [0.25, 0.3) is 0 Å². The van der Waals surface area contributed by atoms with Gasteiger partial charge in [0.05, 0.1) is 25.3 Å². The van der Waals surface area contributed by atoms with Crippen LogP contribution >= 0.6 is 11.8 Å². The fourth-order valence-corrected chi connectivity index (χ4v) is 8.08. The first-order valence-corrected chi connectivity index (χ1v) is 18.5. The van der Waals surface area contributed by atoms with Gasteiger partial charge >= 0.3 is 12.0 Å². The summed E-state index contributed by atoms with van der Waals surface area (Å²) in [4.78, 5) is 83.0. The number of rotatable bonds is 19. The molecule has 3 aliphatic rings. The molecule has 0 bridgehead atoms. The normalized spacial score (nSPS) is 23.5. The summed E-state index contributed by atoms with van der Waals surface area (Å²) >= 11 is 1.82. The highest BCUT2D eigenvalue weighted by atomic mass is 32.2. The first-order chi connectivity index (χ1) is 23.7. The number of amides is 6. The molecular formula is C32H55N9O8S. The number of likely N-dealkylation sites (tertiary alicyclic amines) is 1. The van der Waals surface area contributed by atoms with Crippen LogP contribution in [0.2, 0.25) is 0 Å². The van der Waals surface area contributed by atoms with Crippen LogP contribution in [0.4, 0.5) is 4.79 Å². The number of hydrogen-bond donors (Lipinski definition) is 8. The molecule has 0 aromatic rings. The van der Waals surface area contributed by atoms with Crippen LogP contribution in [-0.2, 0) is 28.7 Å². The van der Waals surface area contributed by atoms with Crippen molar-refractivity contribution < 1.29 is 38.6 Å². The van der Waals surface area contributed by atoms with E-state index in [4.69, 9.17) is 11.5 Å². The number of carbonyl (C=O) groups excluding carboxylic acids is 6. The third-order valence-corrected chi connectivity index (χ3v) is 10.6. The average molecular weight is 726 g/mol. The maximum absolute atomic E-state index is 13.9. The number of guanidine groups is 1. The molecule has 0 saturated carbocycles. The number of urea groups is 1. The van der Waals surface area contributed by atoms with E-state index in [2.05, 4.69) is 36.3 Å². The highest BCUT2D eigenvalue weighted by Gasteiger charge is 2.43. The van der Waals surface area contributed by atoms with Gasteiger partial charge in [-0.1, -0.05) is 20.3 Å². The summed E-state index contributed by atoms with van der Waals surface area (Å²) in [5.74, 6) is -1.92. The molecule has 0 aromatic heterocycles. The van der Waals surface area contributed by atoms with Crippen molar-refractivity contribution in [3.8, 4) is 0 Å². The number of thioether (sulfide) groups is 1. The van der Waals surface area contributed by atoms with Crippen LogP contribution in [0.25, 0.3) is 0 Å². The van der Waals surface area contributed by atoms with E-state index in [1.54, 1.807) is 0 Å². The second-order valence-electron chi connectivity index (χ2n) is 13.6. The van der Waals surface area contributed by atoms with Crippen LogP contribution in [0.15, 0.2) is 4.99 Å². The van der Waals surface area contributed by atoms with E-state index < -0.39 is 48.1 Å². The number of nitrogens with one attached hydrogen (secondary N) is 5. The second kappa shape index (κ2) is 19.6. The molecule has 3 rings (SSSR count). The summed E-state index contributed by atoms with van der Waals surface area (Å²) in [7, 11) is 1.13. The van der Waals surface area contributed by atoms with Crippen LogP contribution in [0.1, 0.15) is 78.6 Å². The summed E-state index contributed by atoms with van der Waals surface area (Å²) in [6.07, 6.45) is 2.99. The average Bonchev–Trinajstić information content (AvgIpc) is 3.78. The molecule has 17 nitrogen and oxygen atoms in total. The Labute approximate surface area is 297 Å². The zero-order valence-corrected chi connectivity index (χ0v) is 30.3. The highest BCUT2D eigenvalue weighted by Crippen LogP contribution is 2.33. The Bertz CT molecular complexity index is 1250. The van der Waals surface area contributed by atoms with Gasteiger partial charge in [-0.2, -0.15) is 11.8 Å². The predicted octanol–water partition coefficient (Wildman–Crippen LogP) is -1.19. The molecule has 0 aromatic carbocycles. The zero-order valence-electron chi connectivity index (χ0n) is 29.4. The molecule has 282 valence electrons. The maximum Gasteiger partial charge on any atom is 0.331 e. The van der Waals surface area contributed by atoms with Crippen molar-refractivity contribution in [3.05, 3.63) is 0 Å². The Morgan fingerprint density at radius 3 is 2.46 bits per heavy atom. The van der Waals surface area contributed by atoms with Gasteiger partial charge in [-0.3, -0.25) is 24.2 Å². The number of ether oxygens (including phenoxy) is 1. The molecule has 0 radical (unpaired) electrons. The number of methoxy groups -OCH3 is 1. The smallest absolute Gasteiger partial charge is 0.331 e. The molecular weight excluding hydrogens is 670 g/mol. The molecule has 8 atom stereocenters. The minimum absolute atomic E-state index is 0.0802. The molecule has 3 fully saturated rings. The quantitative estimate of drug-likeness (QED) is 0.0258. The van der Waals surface area contributed by atoms with Gasteiger partial charge in [0, 0.05) is 30.5 Å². The van der Waals surface area contributed by atoms with Gasteiger partial charge in [0.15, 0.2) is 12.0 Å². The Kier molecular flexibility index (Phi) is 15.9. The summed E-state index contributed by atoms with van der Waals surface area (Å²) in [6.45, 7) is 5.71. The van der Waals surface area contributed by atoms with Crippen molar-refractivity contribution in [3.63, 3.8) is 0 Å². The van der Waals surface area contributed by atoms with Gasteiger partial charge in [-0.25, -0.2) is 9.59 Å². The number of aliphatic hydroxyl groups is 1. The van der Waals surface area contributed by atoms with Crippen molar-refractivity contribution in [2.24, 2.45) is 22.4 Å². The van der Waals surface area contributed by atoms with E-state index in [0.717, 1.165) is 25.7 Å². The third kappa shape index (κ3) is 11.9. The minimum atomic E-state index is -1.36. The highest BCUT2D eigenvalue weighted by molar-refractivity contribution is 8.00. The number of unbranched alkanes of at least 4 members (excludes halogenated alkanes) is 1. The largest absolute Gasteiger partial charge is 0.467 e. The summed E-state index contributed by atoms with van der Waals surface area (Å²) in [5.41, 5.74) is 10.8. The standard InChI is InChI=1S/C32H55N9O8S/c1-17(2)15-20(36-24(43)12-6-5-11-23-26-21(16-50-23)38-32(48)40-26)29(46)41-14-8-10-22(41)28(45)37-19(9-7-13-35-31(33)34)27(44)39-25(18(3)42)30(47)49-4/h17-23,25-26,42H,5-16H2,1-4H3,(H,36,43)(H,37,45)(H,39,44)(H4,33,34,35)(H2,38,40,48)/t18?,19-,20-,21?,22-,23?,25?,26?/m0/s1. The lowest BCUT2D eigenvalue weighted by atomic mass is 10.0. The molecule has 3 aliphatic heterocycles. The minimum Gasteiger partial charge on any atom is -0.467 e. The summed E-state index contributed by atoms with van der Waals surface area (Å²) in [5, 5.41) is 24.3. The summed E-state index contributed by atoms with van der Waals surface area (Å²) < 4.78 is 4.69. The van der Waals surface area contributed by atoms with E-state index in [1.165, 1.54) is 11.8 Å². The number of aliphatic hydroxyl groups excluding tert-OH is 1. The number of hydrogen-bond acceptors (Lipinski definition) is 10. The topological polar surface area (TPSA) is 260 Å². The van der Waals surface area contributed by atoms with E-state index in [9.17, 15) is 33.9 Å². The van der Waals surface area contributed by atoms with Gasteiger partial charge in [-0.15, -0.1) is 0 Å². The van der Waals surface area contributed by atoms with Gasteiger partial charge in [0.2, 0.25) is 23.6 Å². The lowest BCUT2D eigenvalue weighted by Gasteiger charge is -2.31. The molecule has 0 spiro atoms. The Morgan fingerprint density at radius 1 is 1.06 bits per heavy atom. The van der Waals surface area contributed by atoms with E-state index >= 15 is 0 Å². The van der Waals surface area contributed by atoms with Crippen molar-refractivity contribution >= 4 is 53.4 Å². The fourth-order valence-electron chi connectivity index (χ4n) is 6.53. The van der Waals surface area contributed by atoms with E-state index in [0.29, 0.717) is 43.9 Å². The Morgan fingerprint density at radius 2 is 1.80 bits per heavy atom. The first kappa shape index (κ1) is 40.6. The number of carbonyl (C=O) groups is 6. The van der Waals surface area contributed by atoms with Crippen LogP contribution in [0, 0.1) is 5.92 Å². The molecule has 3 saturated heterocycles. The molecule has 10 N–H and O–H groups in total. The number of esters is 1. The molecule has 3 heterocycles. The van der Waals surface area contributed by atoms with E-state index in [-0.39, 0.29) is 61.2 Å². The fraction of sp³-hybridized carbons (Fsp3) is 0.781. The number of nitrogens with two attached hydrogens (primary N) is 2. The van der Waals surface area contributed by atoms with Gasteiger partial charge < -0.3 is 52.8 Å². The molecule has 5 unspecified atom stereocenters. The Hall–Kier alpha value is -3.80. The van der Waals surface area contributed by atoms with Crippen LogP contribution < -0.4 is 38.1 Å². The van der Waals surface area contributed by atoms with Crippen LogP contribution in [0.3, 0.4) is 0 Å². The van der Waals surface area contributed by atoms with Gasteiger partial charge in [0.1, 0.15) is 18.1 Å². The number of fused-ring (bicyclic) bond motifs is 1. The monoisotopic (exact) mass is 725 g/mol. The lowest BCUT2D eigenvalue weighted by molar-refractivity contribution is -0.148. The number of nitrogens with zero attached hydrogens (tertiary/aromatic N) is 2. The number of aliphatic imine (C=N–C) groups is 1. The van der Waals surface area contributed by atoms with Gasteiger partial charge in [-0.05, 0) is 57.8 Å². The third-order valence-electron chi connectivity index (χ3n) is 9.07. The SMILES string of the molecule is COC(=O)C(NC(=O)[C@H](CCCN=C(N)N)NC(=O)[C@@H]1CCCN1C(=O)[C@H](CC(C)C)NC(=O)CCCCC1SCC2NC(=O)NC21)C(C)O. The molecule has 6 amide bonds. The Balaban J connectivity index is 1.61. The molecule has 50 heavy (non-hydrogen) atoms. The first-order valence-electron chi connectivity index (χ1n) is 17.4. The van der Waals surface area contributed by atoms with Crippen LogP contribution in [-0.4, -0.2) is 125 Å². The molecule has 0 aliphatic carbocycles. The zero-order chi connectivity index (χ0) is 37.0. The maximum atomic E-state index is 13.9. The van der Waals surface area contributed by atoms with Crippen molar-refractivity contribution in [1.82, 2.24) is 31.5 Å². The second-order valence-corrected chi connectivity index (χ2v) is 14.8. The summed E-state index contributed by atoms with van der Waals surface area (Å²) in [6, 6.07) is -4.09. The van der Waals surface area contributed by atoms with E-state index in [1.807, 2.05) is 25.6 Å². The predicted molar refractivity (Wildman–Crippen MR) is 188 cm³/mol. The van der Waals surface area contributed by atoms with Crippen molar-refractivity contribution in [2.45, 2.75) is 126 Å². The molecule has 18 heteroatoms. The lowest BCUT2D eigenvalue weighted by Crippen LogP contribution is -2.58.